The van der Waals surface area contributed by atoms with Crippen LogP contribution in [0.5, 0.6) is 0 Å². The van der Waals surface area contributed by atoms with Crippen LogP contribution in [0, 0.1) is 0 Å². The van der Waals surface area contributed by atoms with Gasteiger partial charge in [0.2, 0.25) is 0 Å². The monoisotopic (exact) mass is 372 g/mol. The maximum absolute atomic E-state index is 12.8. The maximum Gasteiger partial charge on any atom is 0.274 e. The molecule has 1 fully saturated rings. The lowest BCUT2D eigenvalue weighted by molar-refractivity contribution is 0.0628. The first kappa shape index (κ1) is 17.9. The third kappa shape index (κ3) is 3.75. The van der Waals surface area contributed by atoms with Crippen molar-refractivity contribution in [1.29, 1.82) is 0 Å². The molecule has 0 radical (unpaired) electrons. The lowest BCUT2D eigenvalue weighted by Crippen LogP contribution is -2.49. The molecule has 1 atom stereocenters. The smallest absolute Gasteiger partial charge is 0.274 e. The number of halogens is 3. The van der Waals surface area contributed by atoms with Crippen LogP contribution >= 0.6 is 35.6 Å². The van der Waals surface area contributed by atoms with Crippen LogP contribution in [-0.2, 0) is 0 Å². The van der Waals surface area contributed by atoms with Gasteiger partial charge in [-0.05, 0) is 11.6 Å². The van der Waals surface area contributed by atoms with Gasteiger partial charge in [0, 0.05) is 30.9 Å². The van der Waals surface area contributed by atoms with Gasteiger partial charge in [0.1, 0.15) is 12.0 Å². The number of benzene rings is 1. The number of hydrogen-bond donors (Lipinski definition) is 1. The number of nitrogens with zero attached hydrogens (tertiary/aromatic N) is 3. The van der Waals surface area contributed by atoms with E-state index in [0.717, 1.165) is 12.1 Å². The number of piperazine rings is 1. The van der Waals surface area contributed by atoms with Gasteiger partial charge in [-0.25, -0.2) is 9.97 Å². The summed E-state index contributed by atoms with van der Waals surface area (Å²) in [6.45, 7) is 1.92. The van der Waals surface area contributed by atoms with E-state index in [1.54, 1.807) is 4.90 Å². The third-order valence-corrected chi connectivity index (χ3v) is 4.26. The average Bonchev–Trinajstić information content (AvgIpc) is 2.55. The third-order valence-electron chi connectivity index (χ3n) is 3.64. The van der Waals surface area contributed by atoms with Crippen LogP contribution in [0.15, 0.2) is 36.8 Å². The molecule has 2 aromatic rings. The molecular formula is C15H15Cl3N4O. The molecule has 1 amide bonds. The molecule has 1 unspecified atom stereocenters. The van der Waals surface area contributed by atoms with E-state index in [0.29, 0.717) is 18.1 Å². The second-order valence-electron chi connectivity index (χ2n) is 4.96. The van der Waals surface area contributed by atoms with E-state index < -0.39 is 0 Å². The van der Waals surface area contributed by atoms with Crippen LogP contribution in [0.4, 0.5) is 0 Å². The van der Waals surface area contributed by atoms with Crippen LogP contribution in [0.2, 0.25) is 10.0 Å². The molecule has 1 N–H and O–H groups in total. The van der Waals surface area contributed by atoms with Gasteiger partial charge in [0.25, 0.3) is 5.91 Å². The van der Waals surface area contributed by atoms with Crippen molar-refractivity contribution in [2.75, 3.05) is 19.6 Å². The zero-order chi connectivity index (χ0) is 15.5. The fraction of sp³-hybridized carbons (Fsp3) is 0.267. The topological polar surface area (TPSA) is 58.1 Å². The van der Waals surface area contributed by atoms with Crippen LogP contribution < -0.4 is 5.32 Å². The molecule has 0 spiro atoms. The minimum Gasteiger partial charge on any atom is -0.328 e. The van der Waals surface area contributed by atoms with E-state index in [2.05, 4.69) is 15.3 Å². The molecule has 0 aliphatic carbocycles. The molecule has 1 aromatic carbocycles. The summed E-state index contributed by atoms with van der Waals surface area (Å²) in [6, 6.07) is 7.39. The number of nitrogens with one attached hydrogen (secondary N) is 1. The molecule has 0 bridgehead atoms. The molecule has 3 rings (SSSR count). The summed E-state index contributed by atoms with van der Waals surface area (Å²) in [5.74, 6) is -0.209. The Labute approximate surface area is 150 Å². The largest absolute Gasteiger partial charge is 0.328 e. The fourth-order valence-electron chi connectivity index (χ4n) is 2.58. The lowest BCUT2D eigenvalue weighted by atomic mass is 10.0. The van der Waals surface area contributed by atoms with E-state index in [-0.39, 0.29) is 35.1 Å². The minimum atomic E-state index is -0.209. The average molecular weight is 374 g/mol. The predicted molar refractivity (Wildman–Crippen MR) is 92.4 cm³/mol. The predicted octanol–water partition coefficient (Wildman–Crippen LogP) is 2.99. The highest BCUT2D eigenvalue weighted by Gasteiger charge is 2.31. The van der Waals surface area contributed by atoms with Gasteiger partial charge in [-0.15, -0.1) is 12.4 Å². The Morgan fingerprint density at radius 2 is 2.04 bits per heavy atom. The summed E-state index contributed by atoms with van der Waals surface area (Å²) in [5.41, 5.74) is 1.13. The van der Waals surface area contributed by atoms with Gasteiger partial charge in [-0.3, -0.25) is 4.79 Å². The van der Waals surface area contributed by atoms with Gasteiger partial charge >= 0.3 is 0 Å². The van der Waals surface area contributed by atoms with E-state index in [9.17, 15) is 4.79 Å². The summed E-state index contributed by atoms with van der Waals surface area (Å²) in [7, 11) is 0. The Morgan fingerprint density at radius 1 is 1.26 bits per heavy atom. The summed E-state index contributed by atoms with van der Waals surface area (Å²) in [4.78, 5) is 22.4. The molecule has 1 saturated heterocycles. The number of rotatable bonds is 2. The molecular weight excluding hydrogens is 359 g/mol. The first-order valence-electron chi connectivity index (χ1n) is 6.90. The Bertz CT molecular complexity index is 698. The van der Waals surface area contributed by atoms with Gasteiger partial charge in [0.15, 0.2) is 0 Å². The van der Waals surface area contributed by atoms with Crippen molar-refractivity contribution in [3.63, 3.8) is 0 Å². The summed E-state index contributed by atoms with van der Waals surface area (Å²) >= 11 is 12.3. The van der Waals surface area contributed by atoms with Crippen molar-refractivity contribution >= 4 is 41.5 Å². The van der Waals surface area contributed by atoms with Gasteiger partial charge in [-0.2, -0.15) is 0 Å². The molecule has 1 aromatic heterocycles. The number of carbonyl (C=O) groups excluding carboxylic acids is 1. The fourth-order valence-corrected chi connectivity index (χ4v) is 3.02. The van der Waals surface area contributed by atoms with Crippen molar-refractivity contribution in [2.24, 2.45) is 0 Å². The molecule has 122 valence electrons. The highest BCUT2D eigenvalue weighted by molar-refractivity contribution is 6.33. The molecule has 0 saturated carbocycles. The van der Waals surface area contributed by atoms with E-state index in [1.165, 1.54) is 12.5 Å². The summed E-state index contributed by atoms with van der Waals surface area (Å²) < 4.78 is 0. The van der Waals surface area contributed by atoms with Crippen molar-refractivity contribution < 1.29 is 4.79 Å². The zero-order valence-electron chi connectivity index (χ0n) is 12.1. The van der Waals surface area contributed by atoms with Crippen LogP contribution in [0.3, 0.4) is 0 Å². The van der Waals surface area contributed by atoms with Gasteiger partial charge < -0.3 is 10.2 Å². The lowest BCUT2D eigenvalue weighted by Gasteiger charge is -2.36. The zero-order valence-corrected chi connectivity index (χ0v) is 14.4. The Hall–Kier alpha value is -1.40. The first-order valence-corrected chi connectivity index (χ1v) is 7.65. The van der Waals surface area contributed by atoms with E-state index in [4.69, 9.17) is 23.2 Å². The Kier molecular flexibility index (Phi) is 6.18. The molecule has 1 aliphatic rings. The number of aromatic nitrogens is 2. The highest BCUT2D eigenvalue weighted by Crippen LogP contribution is 2.30. The Morgan fingerprint density at radius 3 is 2.78 bits per heavy atom. The second-order valence-corrected chi connectivity index (χ2v) is 5.77. The standard InChI is InChI=1S/C15H14Cl2N4O.ClH/c16-11-4-2-1-3-10(11)13-8-18-5-6-21(13)15(22)14-12(17)7-19-9-20-14;/h1-4,7,9,13,18H,5-6,8H2;1H. The quantitative estimate of drug-likeness (QED) is 0.879. The van der Waals surface area contributed by atoms with Gasteiger partial charge in [0.05, 0.1) is 11.1 Å². The molecule has 1 aliphatic heterocycles. The van der Waals surface area contributed by atoms with E-state index >= 15 is 0 Å². The van der Waals surface area contributed by atoms with Crippen molar-refractivity contribution in [1.82, 2.24) is 20.2 Å². The summed E-state index contributed by atoms with van der Waals surface area (Å²) in [5, 5.41) is 4.19. The minimum absolute atomic E-state index is 0. The number of hydrogen-bond acceptors (Lipinski definition) is 4. The Balaban J connectivity index is 0.00000192. The second kappa shape index (κ2) is 7.93. The molecule has 23 heavy (non-hydrogen) atoms. The normalized spacial score (nSPS) is 17.5. The van der Waals surface area contributed by atoms with Crippen molar-refractivity contribution in [2.45, 2.75) is 6.04 Å². The molecule has 5 nitrogen and oxygen atoms in total. The van der Waals surface area contributed by atoms with Crippen LogP contribution in [0.25, 0.3) is 0 Å². The van der Waals surface area contributed by atoms with Gasteiger partial charge in [-0.1, -0.05) is 41.4 Å². The number of carbonyl (C=O) groups is 1. The SMILES string of the molecule is Cl.O=C(c1ncncc1Cl)N1CCNCC1c1ccccc1Cl. The highest BCUT2D eigenvalue weighted by atomic mass is 35.5. The molecule has 2 heterocycles. The first-order chi connectivity index (χ1) is 10.7. The maximum atomic E-state index is 12.8. The summed E-state index contributed by atoms with van der Waals surface area (Å²) in [6.07, 6.45) is 2.75. The molecule has 8 heteroatoms. The number of amides is 1. The van der Waals surface area contributed by atoms with Crippen LogP contribution in [0.1, 0.15) is 22.1 Å². The van der Waals surface area contributed by atoms with E-state index in [1.807, 2.05) is 24.3 Å². The van der Waals surface area contributed by atoms with Crippen molar-refractivity contribution in [3.8, 4) is 0 Å². The van der Waals surface area contributed by atoms with Crippen LogP contribution in [-0.4, -0.2) is 40.4 Å². The van der Waals surface area contributed by atoms with Crippen molar-refractivity contribution in [3.05, 3.63) is 58.1 Å².